The summed E-state index contributed by atoms with van der Waals surface area (Å²) in [5.41, 5.74) is 5.65. The molecule has 3 amide bonds. The van der Waals surface area contributed by atoms with Crippen LogP contribution in [-0.4, -0.2) is 34.5 Å². The lowest BCUT2D eigenvalue weighted by Crippen LogP contribution is -2.36. The highest BCUT2D eigenvalue weighted by Crippen LogP contribution is 2.31. The molecule has 0 aliphatic heterocycles. The Labute approximate surface area is 140 Å². The number of carbonyl (C=O) groups excluding carboxylic acids is 2. The van der Waals surface area contributed by atoms with Gasteiger partial charge in [0.2, 0.25) is 11.0 Å². The van der Waals surface area contributed by atoms with Gasteiger partial charge in [-0.15, -0.1) is 10.2 Å². The number of carbonyl (C=O) groups is 2. The zero-order chi connectivity index (χ0) is 16.7. The summed E-state index contributed by atoms with van der Waals surface area (Å²) in [7, 11) is 0. The molecule has 2 aromatic rings. The van der Waals surface area contributed by atoms with Crippen LogP contribution in [0.2, 0.25) is 0 Å². The van der Waals surface area contributed by atoms with E-state index in [9.17, 15) is 9.59 Å². The molecular weight excluding hydrogens is 338 g/mol. The van der Waals surface area contributed by atoms with Crippen LogP contribution < -0.4 is 21.1 Å². The summed E-state index contributed by atoms with van der Waals surface area (Å²) in [4.78, 5) is 21.9. The molecule has 0 saturated carbocycles. The first-order chi connectivity index (χ1) is 11.1. The maximum atomic E-state index is 11.3. The Morgan fingerprint density at radius 1 is 1.35 bits per heavy atom. The van der Waals surface area contributed by atoms with E-state index in [1.54, 1.807) is 0 Å². The first-order valence-electron chi connectivity index (χ1n) is 6.63. The van der Waals surface area contributed by atoms with Crippen LogP contribution in [0, 0.1) is 0 Å². The molecule has 0 aliphatic carbocycles. The first kappa shape index (κ1) is 17.0. The number of primary amides is 1. The number of hydrogen-bond acceptors (Lipinski definition) is 8. The van der Waals surface area contributed by atoms with Gasteiger partial charge in [-0.3, -0.25) is 10.1 Å². The summed E-state index contributed by atoms with van der Waals surface area (Å²) in [5.74, 6) is 0.279. The Hall–Kier alpha value is -2.33. The Balaban J connectivity index is 1.95. The van der Waals surface area contributed by atoms with E-state index >= 15 is 0 Å². The molecule has 122 valence electrons. The fourth-order valence-corrected chi connectivity index (χ4v) is 3.15. The lowest BCUT2D eigenvalue weighted by molar-refractivity contribution is -0.117. The lowest BCUT2D eigenvalue weighted by atomic mass is 10.3. The van der Waals surface area contributed by atoms with Gasteiger partial charge in [-0.1, -0.05) is 35.2 Å². The smallest absolute Gasteiger partial charge is 0.318 e. The van der Waals surface area contributed by atoms with Crippen LogP contribution in [0.15, 0.2) is 28.6 Å². The minimum atomic E-state index is -0.872. The van der Waals surface area contributed by atoms with Gasteiger partial charge in [-0.25, -0.2) is 4.79 Å². The number of nitrogens with one attached hydrogen (secondary N) is 2. The van der Waals surface area contributed by atoms with Crippen molar-refractivity contribution in [3.8, 4) is 5.75 Å². The number of ether oxygens (including phenoxy) is 1. The number of nitrogens with two attached hydrogens (primary N) is 1. The van der Waals surface area contributed by atoms with Gasteiger partial charge in [0, 0.05) is 0 Å². The molecule has 4 N–H and O–H groups in total. The highest BCUT2D eigenvalue weighted by atomic mass is 32.2. The SMILES string of the molecule is CCOc1ccccc1Nc1nnc(SCC(=O)NC(N)=O)s1. The summed E-state index contributed by atoms with van der Waals surface area (Å²) in [5, 5.41) is 13.7. The zero-order valence-corrected chi connectivity index (χ0v) is 13.9. The second-order valence-corrected chi connectivity index (χ2v) is 6.33. The summed E-state index contributed by atoms with van der Waals surface area (Å²) < 4.78 is 6.12. The van der Waals surface area contributed by atoms with Crippen molar-refractivity contribution < 1.29 is 14.3 Å². The number of amides is 3. The zero-order valence-electron chi connectivity index (χ0n) is 12.2. The third-order valence-electron chi connectivity index (χ3n) is 2.42. The summed E-state index contributed by atoms with van der Waals surface area (Å²) in [6.07, 6.45) is 0. The van der Waals surface area contributed by atoms with E-state index in [0.29, 0.717) is 16.1 Å². The van der Waals surface area contributed by atoms with Crippen molar-refractivity contribution in [2.75, 3.05) is 17.7 Å². The molecule has 0 saturated heterocycles. The molecule has 0 radical (unpaired) electrons. The molecule has 0 bridgehead atoms. The molecule has 0 fully saturated rings. The Kier molecular flexibility index (Phi) is 6.18. The minimum Gasteiger partial charge on any atom is -0.492 e. The third kappa shape index (κ3) is 5.42. The molecule has 10 heteroatoms. The molecule has 1 aromatic carbocycles. The van der Waals surface area contributed by atoms with E-state index < -0.39 is 11.9 Å². The van der Waals surface area contributed by atoms with Gasteiger partial charge in [0.1, 0.15) is 5.75 Å². The molecule has 23 heavy (non-hydrogen) atoms. The van der Waals surface area contributed by atoms with Crippen LogP contribution in [0.1, 0.15) is 6.92 Å². The average Bonchev–Trinajstić information content (AvgIpc) is 2.94. The Bertz CT molecular complexity index is 692. The van der Waals surface area contributed by atoms with Crippen LogP contribution in [0.3, 0.4) is 0 Å². The van der Waals surface area contributed by atoms with Gasteiger partial charge < -0.3 is 15.8 Å². The monoisotopic (exact) mass is 353 g/mol. The maximum absolute atomic E-state index is 11.3. The molecule has 0 spiro atoms. The second-order valence-electron chi connectivity index (χ2n) is 4.13. The number of anilines is 2. The van der Waals surface area contributed by atoms with Gasteiger partial charge >= 0.3 is 6.03 Å². The van der Waals surface area contributed by atoms with Gasteiger partial charge in [-0.2, -0.15) is 0 Å². The van der Waals surface area contributed by atoms with Crippen molar-refractivity contribution in [2.45, 2.75) is 11.3 Å². The molecule has 1 aromatic heterocycles. The molecule has 0 aliphatic rings. The summed E-state index contributed by atoms with van der Waals surface area (Å²) in [6, 6.07) is 6.63. The number of thioether (sulfide) groups is 1. The van der Waals surface area contributed by atoms with Crippen molar-refractivity contribution in [1.82, 2.24) is 15.5 Å². The van der Waals surface area contributed by atoms with Gasteiger partial charge in [0.05, 0.1) is 18.0 Å². The van der Waals surface area contributed by atoms with Gasteiger partial charge in [0.25, 0.3) is 0 Å². The number of nitrogens with zero attached hydrogens (tertiary/aromatic N) is 2. The van der Waals surface area contributed by atoms with E-state index in [4.69, 9.17) is 10.5 Å². The van der Waals surface area contributed by atoms with E-state index in [1.807, 2.05) is 36.5 Å². The predicted molar refractivity (Wildman–Crippen MR) is 89.3 cm³/mol. The van der Waals surface area contributed by atoms with Crippen LogP contribution in [0.5, 0.6) is 5.75 Å². The van der Waals surface area contributed by atoms with E-state index in [2.05, 4.69) is 15.5 Å². The fourth-order valence-electron chi connectivity index (χ4n) is 1.59. The summed E-state index contributed by atoms with van der Waals surface area (Å²) in [6.45, 7) is 2.47. The van der Waals surface area contributed by atoms with Crippen molar-refractivity contribution in [3.63, 3.8) is 0 Å². The van der Waals surface area contributed by atoms with Crippen LogP contribution in [0.4, 0.5) is 15.6 Å². The number of imide groups is 1. The fraction of sp³-hybridized carbons (Fsp3) is 0.231. The highest BCUT2D eigenvalue weighted by Gasteiger charge is 2.11. The van der Waals surface area contributed by atoms with Gasteiger partial charge in [-0.05, 0) is 19.1 Å². The van der Waals surface area contributed by atoms with E-state index in [1.165, 1.54) is 23.1 Å². The number of aromatic nitrogens is 2. The Morgan fingerprint density at radius 3 is 2.87 bits per heavy atom. The molecular formula is C13H15N5O3S2. The Morgan fingerprint density at radius 2 is 2.13 bits per heavy atom. The third-order valence-corrected chi connectivity index (χ3v) is 4.40. The lowest BCUT2D eigenvalue weighted by Gasteiger charge is -2.09. The highest BCUT2D eigenvalue weighted by molar-refractivity contribution is 8.01. The molecule has 1 heterocycles. The van der Waals surface area contributed by atoms with Crippen LogP contribution in [0.25, 0.3) is 0 Å². The van der Waals surface area contributed by atoms with Crippen molar-refractivity contribution in [2.24, 2.45) is 5.73 Å². The number of rotatable bonds is 7. The quantitative estimate of drug-likeness (QED) is 0.651. The average molecular weight is 353 g/mol. The van der Waals surface area contributed by atoms with Gasteiger partial charge in [0.15, 0.2) is 4.34 Å². The number of benzene rings is 1. The van der Waals surface area contributed by atoms with Crippen LogP contribution >= 0.6 is 23.1 Å². The predicted octanol–water partition coefficient (Wildman–Crippen LogP) is 1.97. The van der Waals surface area contributed by atoms with E-state index in [0.717, 1.165) is 11.4 Å². The topological polar surface area (TPSA) is 119 Å². The first-order valence-corrected chi connectivity index (χ1v) is 8.43. The summed E-state index contributed by atoms with van der Waals surface area (Å²) >= 11 is 2.46. The number of hydrogen-bond donors (Lipinski definition) is 3. The molecule has 0 unspecified atom stereocenters. The second kappa shape index (κ2) is 8.34. The number of urea groups is 1. The largest absolute Gasteiger partial charge is 0.492 e. The van der Waals surface area contributed by atoms with Crippen molar-refractivity contribution in [3.05, 3.63) is 24.3 Å². The molecule has 2 rings (SSSR count). The van der Waals surface area contributed by atoms with Crippen molar-refractivity contribution in [1.29, 1.82) is 0 Å². The standard InChI is InChI=1S/C13H15N5O3S2/c1-2-21-9-6-4-3-5-8(9)15-12-17-18-13(23-12)22-7-10(19)16-11(14)20/h3-6H,2,7H2,1H3,(H,15,17)(H3,14,16,19,20). The molecule has 8 nitrogen and oxygen atoms in total. The number of para-hydroxylation sites is 2. The normalized spacial score (nSPS) is 10.1. The van der Waals surface area contributed by atoms with Crippen LogP contribution in [-0.2, 0) is 4.79 Å². The van der Waals surface area contributed by atoms with Crippen molar-refractivity contribution >= 4 is 45.9 Å². The molecule has 0 atom stereocenters. The van der Waals surface area contributed by atoms with E-state index in [-0.39, 0.29) is 5.75 Å². The maximum Gasteiger partial charge on any atom is 0.318 e. The minimum absolute atomic E-state index is 0.0348.